The van der Waals surface area contributed by atoms with Gasteiger partial charge in [-0.15, -0.1) is 0 Å². The first-order valence-electron chi connectivity index (χ1n) is 7.05. The minimum absolute atomic E-state index is 0.143. The summed E-state index contributed by atoms with van der Waals surface area (Å²) in [5, 5.41) is 8.79. The van der Waals surface area contributed by atoms with E-state index in [4.69, 9.17) is 5.11 Å². The van der Waals surface area contributed by atoms with Crippen LogP contribution >= 0.6 is 0 Å². The Morgan fingerprint density at radius 1 is 1.30 bits per heavy atom. The van der Waals surface area contributed by atoms with Gasteiger partial charge in [0.2, 0.25) is 5.91 Å². The van der Waals surface area contributed by atoms with Gasteiger partial charge in [-0.2, -0.15) is 0 Å². The van der Waals surface area contributed by atoms with E-state index in [1.165, 1.54) is 0 Å². The molecule has 5 nitrogen and oxygen atoms in total. The Morgan fingerprint density at radius 3 is 2.70 bits per heavy atom. The monoisotopic (exact) mass is 279 g/mol. The molecule has 1 aromatic rings. The molecule has 1 amide bonds. The number of aromatic nitrogens is 1. The first kappa shape index (κ1) is 16.6. The first-order chi connectivity index (χ1) is 9.63. The van der Waals surface area contributed by atoms with Crippen LogP contribution in [0.4, 0.5) is 0 Å². The van der Waals surface area contributed by atoms with Gasteiger partial charge in [-0.3, -0.25) is 9.78 Å². The molecule has 1 N–H and O–H groups in total. The topological polar surface area (TPSA) is 56.7 Å². The predicted molar refractivity (Wildman–Crippen MR) is 79.1 cm³/mol. The molecule has 0 aliphatic heterocycles. The van der Waals surface area contributed by atoms with E-state index in [2.05, 4.69) is 9.88 Å². The fourth-order valence-corrected chi connectivity index (χ4v) is 1.87. The van der Waals surface area contributed by atoms with E-state index in [1.807, 2.05) is 31.1 Å². The molecule has 1 heterocycles. The van der Waals surface area contributed by atoms with Gasteiger partial charge in [0.25, 0.3) is 0 Å². The predicted octanol–water partition coefficient (Wildman–Crippen LogP) is 1.13. The van der Waals surface area contributed by atoms with Crippen LogP contribution in [-0.2, 0) is 11.3 Å². The van der Waals surface area contributed by atoms with Gasteiger partial charge in [-0.1, -0.05) is 6.07 Å². The molecular formula is C15H25N3O2. The molecule has 1 rings (SSSR count). The Morgan fingerprint density at radius 2 is 2.10 bits per heavy atom. The standard InChI is InChI=1S/C15H25N3O2/c1-17(2)9-10-18(15(20)7-3-4-11-19)13-14-6-5-8-16-12-14/h5-6,8,12,19H,3-4,7,9-11,13H2,1-2H3. The maximum absolute atomic E-state index is 12.2. The minimum atomic E-state index is 0.143. The number of hydrogen-bond donors (Lipinski definition) is 1. The zero-order chi connectivity index (χ0) is 14.8. The highest BCUT2D eigenvalue weighted by Gasteiger charge is 2.13. The van der Waals surface area contributed by atoms with Crippen molar-refractivity contribution in [3.63, 3.8) is 0 Å². The van der Waals surface area contributed by atoms with E-state index in [0.717, 1.165) is 18.5 Å². The Hall–Kier alpha value is -1.46. The van der Waals surface area contributed by atoms with E-state index in [9.17, 15) is 4.79 Å². The number of rotatable bonds is 9. The summed E-state index contributed by atoms with van der Waals surface area (Å²) in [6.45, 7) is 2.29. The highest BCUT2D eigenvalue weighted by Crippen LogP contribution is 2.07. The molecule has 0 bridgehead atoms. The van der Waals surface area contributed by atoms with E-state index >= 15 is 0 Å². The average molecular weight is 279 g/mol. The summed E-state index contributed by atoms with van der Waals surface area (Å²) in [5.41, 5.74) is 1.04. The summed E-state index contributed by atoms with van der Waals surface area (Å²) in [6.07, 6.45) is 5.44. The fraction of sp³-hybridized carbons (Fsp3) is 0.600. The highest BCUT2D eigenvalue weighted by atomic mass is 16.3. The van der Waals surface area contributed by atoms with E-state index in [1.54, 1.807) is 12.4 Å². The minimum Gasteiger partial charge on any atom is -0.396 e. The molecule has 0 unspecified atom stereocenters. The molecule has 0 saturated heterocycles. The number of carbonyl (C=O) groups excluding carboxylic acids is 1. The number of unbranched alkanes of at least 4 members (excludes halogenated alkanes) is 1. The molecule has 0 aromatic carbocycles. The molecule has 0 aliphatic rings. The highest BCUT2D eigenvalue weighted by molar-refractivity contribution is 5.76. The van der Waals surface area contributed by atoms with Crippen molar-refractivity contribution in [1.82, 2.24) is 14.8 Å². The first-order valence-corrected chi connectivity index (χ1v) is 7.05. The van der Waals surface area contributed by atoms with Crippen molar-refractivity contribution in [2.45, 2.75) is 25.8 Å². The third kappa shape index (κ3) is 6.63. The van der Waals surface area contributed by atoms with E-state index in [0.29, 0.717) is 25.9 Å². The Labute approximate surface area is 121 Å². The lowest BCUT2D eigenvalue weighted by Crippen LogP contribution is -2.36. The van der Waals surface area contributed by atoms with Crippen molar-refractivity contribution >= 4 is 5.91 Å². The summed E-state index contributed by atoms with van der Waals surface area (Å²) >= 11 is 0. The van der Waals surface area contributed by atoms with Crippen LogP contribution in [0.5, 0.6) is 0 Å². The zero-order valence-corrected chi connectivity index (χ0v) is 12.5. The summed E-state index contributed by atoms with van der Waals surface area (Å²) in [7, 11) is 4.00. The van der Waals surface area contributed by atoms with Gasteiger partial charge in [-0.25, -0.2) is 0 Å². The van der Waals surface area contributed by atoms with E-state index < -0.39 is 0 Å². The molecule has 20 heavy (non-hydrogen) atoms. The Kier molecular flexibility index (Phi) is 7.84. The number of likely N-dealkylation sites (N-methyl/N-ethyl adjacent to an activating group) is 1. The summed E-state index contributed by atoms with van der Waals surface area (Å²) in [6, 6.07) is 3.87. The second-order valence-electron chi connectivity index (χ2n) is 5.16. The largest absolute Gasteiger partial charge is 0.396 e. The summed E-state index contributed by atoms with van der Waals surface area (Å²) in [5.74, 6) is 0.143. The van der Waals surface area contributed by atoms with Crippen molar-refractivity contribution in [2.75, 3.05) is 33.8 Å². The normalized spacial score (nSPS) is 10.8. The molecule has 0 atom stereocenters. The van der Waals surface area contributed by atoms with Gasteiger partial charge in [-0.05, 0) is 38.6 Å². The smallest absolute Gasteiger partial charge is 0.222 e. The SMILES string of the molecule is CN(C)CCN(Cc1cccnc1)C(=O)CCCCO. The van der Waals surface area contributed by atoms with Crippen LogP contribution in [0.25, 0.3) is 0 Å². The van der Waals surface area contributed by atoms with Gasteiger partial charge in [0.05, 0.1) is 0 Å². The van der Waals surface area contributed by atoms with Crippen LogP contribution in [0, 0.1) is 0 Å². The molecule has 0 saturated carbocycles. The third-order valence-electron chi connectivity index (χ3n) is 3.06. The molecule has 0 fully saturated rings. The Bertz CT molecular complexity index is 382. The maximum atomic E-state index is 12.2. The molecule has 0 radical (unpaired) electrons. The molecular weight excluding hydrogens is 254 g/mol. The zero-order valence-electron chi connectivity index (χ0n) is 12.5. The van der Waals surface area contributed by atoms with Gasteiger partial charge >= 0.3 is 0 Å². The van der Waals surface area contributed by atoms with Crippen molar-refractivity contribution < 1.29 is 9.90 Å². The van der Waals surface area contributed by atoms with Crippen LogP contribution in [0.1, 0.15) is 24.8 Å². The van der Waals surface area contributed by atoms with Crippen LogP contribution in [-0.4, -0.2) is 59.6 Å². The van der Waals surface area contributed by atoms with Crippen LogP contribution in [0.2, 0.25) is 0 Å². The number of nitrogens with zero attached hydrogens (tertiary/aromatic N) is 3. The number of aliphatic hydroxyl groups is 1. The maximum Gasteiger partial charge on any atom is 0.222 e. The second-order valence-corrected chi connectivity index (χ2v) is 5.16. The molecule has 1 aromatic heterocycles. The second kappa shape index (κ2) is 9.44. The average Bonchev–Trinajstić information content (AvgIpc) is 2.44. The summed E-state index contributed by atoms with van der Waals surface area (Å²) < 4.78 is 0. The lowest BCUT2D eigenvalue weighted by atomic mass is 10.2. The van der Waals surface area contributed by atoms with Crippen LogP contribution in [0.3, 0.4) is 0 Å². The number of pyridine rings is 1. The molecule has 0 spiro atoms. The number of aliphatic hydroxyl groups excluding tert-OH is 1. The molecule has 5 heteroatoms. The number of amides is 1. The van der Waals surface area contributed by atoms with Crippen LogP contribution in [0.15, 0.2) is 24.5 Å². The van der Waals surface area contributed by atoms with Gasteiger partial charge in [0.15, 0.2) is 0 Å². The van der Waals surface area contributed by atoms with Crippen LogP contribution < -0.4 is 0 Å². The number of hydrogen-bond acceptors (Lipinski definition) is 4. The quantitative estimate of drug-likeness (QED) is 0.689. The van der Waals surface area contributed by atoms with Gasteiger partial charge < -0.3 is 14.9 Å². The lowest BCUT2D eigenvalue weighted by molar-refractivity contribution is -0.132. The lowest BCUT2D eigenvalue weighted by Gasteiger charge is -2.24. The Balaban J connectivity index is 2.57. The van der Waals surface area contributed by atoms with Gasteiger partial charge in [0.1, 0.15) is 0 Å². The van der Waals surface area contributed by atoms with Crippen molar-refractivity contribution in [3.05, 3.63) is 30.1 Å². The number of carbonyl (C=O) groups is 1. The third-order valence-corrected chi connectivity index (χ3v) is 3.06. The summed E-state index contributed by atoms with van der Waals surface area (Å²) in [4.78, 5) is 20.3. The molecule has 112 valence electrons. The van der Waals surface area contributed by atoms with Crippen molar-refractivity contribution in [2.24, 2.45) is 0 Å². The van der Waals surface area contributed by atoms with Gasteiger partial charge in [0, 0.05) is 45.1 Å². The van der Waals surface area contributed by atoms with Crippen molar-refractivity contribution in [3.8, 4) is 0 Å². The molecule has 0 aliphatic carbocycles. The van der Waals surface area contributed by atoms with E-state index in [-0.39, 0.29) is 12.5 Å². The fourth-order valence-electron chi connectivity index (χ4n) is 1.87. The van der Waals surface area contributed by atoms with Crippen molar-refractivity contribution in [1.29, 1.82) is 0 Å².